The molecule has 0 saturated carbocycles. The molecule has 0 aliphatic rings. The van der Waals surface area contributed by atoms with Crippen molar-refractivity contribution in [2.75, 3.05) is 32.7 Å². The van der Waals surface area contributed by atoms with Crippen LogP contribution >= 0.6 is 0 Å². The molecule has 0 bridgehead atoms. The number of rotatable bonds is 13. The Hall–Kier alpha value is -1.22. The fourth-order valence-electron chi connectivity index (χ4n) is 2.50. The molecule has 166 valence electrons. The molecule has 28 heavy (non-hydrogen) atoms. The van der Waals surface area contributed by atoms with Crippen LogP contribution in [0.15, 0.2) is 0 Å². The number of ether oxygens (including phenoxy) is 2. The standard InChI is InChI=1S/C20H42N4O4/c1-18(2,3)27-16(25)20(10-12-22,17(26)28-19(4,5)6)24-15-8-7-13-23-14-9-11-21/h23-24H,7-15,21-22H2,1-6H3. The predicted octanol–water partition coefficient (Wildman–Crippen LogP) is 1.07. The molecular formula is C20H42N4O4. The summed E-state index contributed by atoms with van der Waals surface area (Å²) in [5.41, 5.74) is 8.14. The van der Waals surface area contributed by atoms with Gasteiger partial charge in [0.2, 0.25) is 5.54 Å². The minimum Gasteiger partial charge on any atom is -0.458 e. The summed E-state index contributed by atoms with van der Waals surface area (Å²) in [5, 5.41) is 6.41. The lowest BCUT2D eigenvalue weighted by Crippen LogP contribution is -2.62. The van der Waals surface area contributed by atoms with Gasteiger partial charge in [-0.3, -0.25) is 5.32 Å². The van der Waals surface area contributed by atoms with Crippen molar-refractivity contribution in [1.82, 2.24) is 10.6 Å². The van der Waals surface area contributed by atoms with E-state index in [0.717, 1.165) is 32.4 Å². The molecule has 0 spiro atoms. The molecule has 0 aromatic rings. The van der Waals surface area contributed by atoms with E-state index >= 15 is 0 Å². The second kappa shape index (κ2) is 12.4. The number of esters is 2. The minimum atomic E-state index is -1.61. The lowest BCUT2D eigenvalue weighted by Gasteiger charge is -2.35. The first-order chi connectivity index (χ1) is 12.9. The Morgan fingerprint density at radius 2 is 1.21 bits per heavy atom. The summed E-state index contributed by atoms with van der Waals surface area (Å²) in [6, 6.07) is 0. The largest absolute Gasteiger partial charge is 0.458 e. The van der Waals surface area contributed by atoms with Gasteiger partial charge in [-0.15, -0.1) is 0 Å². The van der Waals surface area contributed by atoms with Crippen molar-refractivity contribution in [3.05, 3.63) is 0 Å². The highest BCUT2D eigenvalue weighted by Crippen LogP contribution is 2.22. The zero-order valence-electron chi connectivity index (χ0n) is 18.7. The predicted molar refractivity (Wildman–Crippen MR) is 112 cm³/mol. The first-order valence-corrected chi connectivity index (χ1v) is 10.2. The van der Waals surface area contributed by atoms with Crippen molar-refractivity contribution < 1.29 is 19.1 Å². The minimum absolute atomic E-state index is 0.103. The molecule has 0 atom stereocenters. The molecule has 0 amide bonds. The average Bonchev–Trinajstić information content (AvgIpc) is 2.52. The van der Waals surface area contributed by atoms with Gasteiger partial charge in [0, 0.05) is 0 Å². The highest BCUT2D eigenvalue weighted by molar-refractivity contribution is 6.05. The first-order valence-electron chi connectivity index (χ1n) is 10.2. The van der Waals surface area contributed by atoms with Crippen LogP contribution in [0.25, 0.3) is 0 Å². The van der Waals surface area contributed by atoms with Crippen molar-refractivity contribution in [3.63, 3.8) is 0 Å². The van der Waals surface area contributed by atoms with Crippen LogP contribution in [0.1, 0.15) is 67.2 Å². The maximum atomic E-state index is 13.0. The van der Waals surface area contributed by atoms with Gasteiger partial charge in [-0.25, -0.2) is 9.59 Å². The lowest BCUT2D eigenvalue weighted by molar-refractivity contribution is -0.179. The molecule has 0 saturated heterocycles. The van der Waals surface area contributed by atoms with Gasteiger partial charge in [-0.2, -0.15) is 0 Å². The van der Waals surface area contributed by atoms with Gasteiger partial charge >= 0.3 is 11.9 Å². The first kappa shape index (κ1) is 26.8. The zero-order chi connectivity index (χ0) is 21.8. The number of hydrogen-bond donors (Lipinski definition) is 4. The van der Waals surface area contributed by atoms with Crippen LogP contribution in [0.3, 0.4) is 0 Å². The Kier molecular flexibility index (Phi) is 11.8. The second-order valence-electron chi connectivity index (χ2n) is 8.97. The summed E-state index contributed by atoms with van der Waals surface area (Å²) < 4.78 is 11.1. The fraction of sp³-hybridized carbons (Fsp3) is 0.900. The molecule has 0 heterocycles. The highest BCUT2D eigenvalue weighted by Gasteiger charge is 2.50. The van der Waals surface area contributed by atoms with Crippen LogP contribution in [-0.2, 0) is 19.1 Å². The van der Waals surface area contributed by atoms with E-state index in [0.29, 0.717) is 13.1 Å². The average molecular weight is 403 g/mol. The van der Waals surface area contributed by atoms with E-state index in [1.165, 1.54) is 0 Å². The van der Waals surface area contributed by atoms with Crippen molar-refractivity contribution in [1.29, 1.82) is 0 Å². The maximum Gasteiger partial charge on any atom is 0.338 e. The summed E-state index contributed by atoms with van der Waals surface area (Å²) in [6.07, 6.45) is 2.73. The van der Waals surface area contributed by atoms with Crippen LogP contribution in [0, 0.1) is 0 Å². The maximum absolute atomic E-state index is 13.0. The zero-order valence-corrected chi connectivity index (χ0v) is 18.7. The van der Waals surface area contributed by atoms with Gasteiger partial charge in [0.05, 0.1) is 0 Å². The number of hydrogen-bond acceptors (Lipinski definition) is 8. The molecule has 0 rings (SSSR count). The number of nitrogens with two attached hydrogens (primary N) is 2. The smallest absolute Gasteiger partial charge is 0.338 e. The van der Waals surface area contributed by atoms with Crippen LogP contribution in [0.2, 0.25) is 0 Å². The Morgan fingerprint density at radius 1 is 0.750 bits per heavy atom. The molecule has 0 radical (unpaired) electrons. The topological polar surface area (TPSA) is 129 Å². The highest BCUT2D eigenvalue weighted by atomic mass is 16.6. The van der Waals surface area contributed by atoms with E-state index in [1.807, 2.05) is 0 Å². The summed E-state index contributed by atoms with van der Waals surface area (Å²) in [6.45, 7) is 13.6. The third kappa shape index (κ3) is 10.9. The van der Waals surface area contributed by atoms with Crippen molar-refractivity contribution in [2.45, 2.75) is 84.0 Å². The molecule has 8 heteroatoms. The quantitative estimate of drug-likeness (QED) is 0.204. The van der Waals surface area contributed by atoms with Gasteiger partial charge in [0.15, 0.2) is 0 Å². The summed E-state index contributed by atoms with van der Waals surface area (Å²) in [5.74, 6) is -1.30. The van der Waals surface area contributed by atoms with Gasteiger partial charge in [0.25, 0.3) is 0 Å². The van der Waals surface area contributed by atoms with E-state index in [9.17, 15) is 9.59 Å². The van der Waals surface area contributed by atoms with E-state index in [4.69, 9.17) is 20.9 Å². The molecular weight excluding hydrogens is 360 g/mol. The van der Waals surface area contributed by atoms with Crippen molar-refractivity contribution >= 4 is 11.9 Å². The van der Waals surface area contributed by atoms with Crippen molar-refractivity contribution in [3.8, 4) is 0 Å². The third-order valence-corrected chi connectivity index (χ3v) is 3.78. The third-order valence-electron chi connectivity index (χ3n) is 3.78. The molecule has 8 nitrogen and oxygen atoms in total. The molecule has 0 aliphatic heterocycles. The SMILES string of the molecule is CC(C)(C)OC(=O)C(CCN)(NCCCCNCCCN)C(=O)OC(C)(C)C. The number of carbonyl (C=O) groups is 2. The van der Waals surface area contributed by atoms with Gasteiger partial charge < -0.3 is 26.3 Å². The number of carbonyl (C=O) groups excluding carboxylic acids is 2. The Bertz CT molecular complexity index is 442. The van der Waals surface area contributed by atoms with Crippen molar-refractivity contribution in [2.24, 2.45) is 11.5 Å². The van der Waals surface area contributed by atoms with Crippen LogP contribution in [-0.4, -0.2) is 61.4 Å². The Morgan fingerprint density at radius 3 is 1.64 bits per heavy atom. The molecule has 0 aromatic heterocycles. The molecule has 0 fully saturated rings. The van der Waals surface area contributed by atoms with Gasteiger partial charge in [0.1, 0.15) is 11.2 Å². The summed E-state index contributed by atoms with van der Waals surface area (Å²) in [4.78, 5) is 25.9. The molecule has 6 N–H and O–H groups in total. The lowest BCUT2D eigenvalue weighted by atomic mass is 9.93. The second-order valence-corrected chi connectivity index (χ2v) is 8.97. The summed E-state index contributed by atoms with van der Waals surface area (Å²) >= 11 is 0. The fourth-order valence-corrected chi connectivity index (χ4v) is 2.50. The number of nitrogens with one attached hydrogen (secondary N) is 2. The Labute approximate surface area is 170 Å². The van der Waals surface area contributed by atoms with Crippen LogP contribution in [0.5, 0.6) is 0 Å². The summed E-state index contributed by atoms with van der Waals surface area (Å²) in [7, 11) is 0. The van der Waals surface area contributed by atoms with E-state index in [-0.39, 0.29) is 13.0 Å². The molecule has 0 unspecified atom stereocenters. The Balaban J connectivity index is 5.13. The van der Waals surface area contributed by atoms with E-state index in [2.05, 4.69) is 10.6 Å². The number of unbranched alkanes of at least 4 members (excludes halogenated alkanes) is 1. The van der Waals surface area contributed by atoms with Crippen LogP contribution < -0.4 is 22.1 Å². The molecule has 0 aromatic carbocycles. The normalized spacial score (nSPS) is 12.7. The molecule has 0 aliphatic carbocycles. The van der Waals surface area contributed by atoms with Gasteiger partial charge in [-0.1, -0.05) is 0 Å². The monoisotopic (exact) mass is 402 g/mol. The van der Waals surface area contributed by atoms with E-state index in [1.54, 1.807) is 41.5 Å². The van der Waals surface area contributed by atoms with Gasteiger partial charge in [-0.05, 0) is 99.9 Å². The van der Waals surface area contributed by atoms with E-state index < -0.39 is 28.7 Å². The van der Waals surface area contributed by atoms with Crippen LogP contribution in [0.4, 0.5) is 0 Å².